The minimum atomic E-state index is -0.620. The third-order valence-corrected chi connectivity index (χ3v) is 4.90. The van der Waals surface area contributed by atoms with Crippen molar-refractivity contribution in [3.05, 3.63) is 53.1 Å². The summed E-state index contributed by atoms with van der Waals surface area (Å²) in [6, 6.07) is 12.1. The van der Waals surface area contributed by atoms with Gasteiger partial charge in [-0.3, -0.25) is 14.4 Å². The maximum Gasteiger partial charge on any atom is 0.311 e. The molecule has 1 aliphatic rings. The molecule has 1 fully saturated rings. The number of hydrogen-bond donors (Lipinski definition) is 1. The van der Waals surface area contributed by atoms with Crippen LogP contribution in [0.15, 0.2) is 42.5 Å². The van der Waals surface area contributed by atoms with Gasteiger partial charge in [0, 0.05) is 29.4 Å². The molecule has 8 heteroatoms. The predicted octanol–water partition coefficient (Wildman–Crippen LogP) is 3.19. The summed E-state index contributed by atoms with van der Waals surface area (Å²) in [7, 11) is 1.56. The van der Waals surface area contributed by atoms with Crippen molar-refractivity contribution in [3.8, 4) is 5.75 Å². The molecule has 1 heterocycles. The van der Waals surface area contributed by atoms with Gasteiger partial charge in [-0.05, 0) is 48.9 Å². The SMILES string of the molecule is COc1ccc(N2C[C@H](C(=O)OCC(=O)Nc3cc(Cl)ccc3C)CC2=O)cc1. The zero-order valence-electron chi connectivity index (χ0n) is 16.1. The van der Waals surface area contributed by atoms with E-state index in [2.05, 4.69) is 5.32 Å². The van der Waals surface area contributed by atoms with Gasteiger partial charge in [0.2, 0.25) is 5.91 Å². The van der Waals surface area contributed by atoms with Crippen molar-refractivity contribution < 1.29 is 23.9 Å². The summed E-state index contributed by atoms with van der Waals surface area (Å²) in [6.07, 6.45) is 0.0416. The maximum absolute atomic E-state index is 12.3. The molecule has 2 aromatic rings. The largest absolute Gasteiger partial charge is 0.497 e. The number of anilines is 2. The zero-order valence-corrected chi connectivity index (χ0v) is 16.9. The molecule has 29 heavy (non-hydrogen) atoms. The molecule has 1 N–H and O–H groups in total. The Balaban J connectivity index is 1.53. The summed E-state index contributed by atoms with van der Waals surface area (Å²) in [5, 5.41) is 3.15. The molecule has 1 atom stereocenters. The topological polar surface area (TPSA) is 84.9 Å². The Morgan fingerprint density at radius 1 is 1.21 bits per heavy atom. The van der Waals surface area contributed by atoms with Gasteiger partial charge in [-0.25, -0.2) is 0 Å². The van der Waals surface area contributed by atoms with Crippen molar-refractivity contribution in [1.82, 2.24) is 0 Å². The number of methoxy groups -OCH3 is 1. The van der Waals surface area contributed by atoms with Gasteiger partial charge in [0.15, 0.2) is 6.61 Å². The first-order chi connectivity index (χ1) is 13.9. The number of halogens is 1. The highest BCUT2D eigenvalue weighted by atomic mass is 35.5. The first-order valence-electron chi connectivity index (χ1n) is 9.04. The number of esters is 1. The Morgan fingerprint density at radius 3 is 2.62 bits per heavy atom. The number of carbonyl (C=O) groups excluding carboxylic acids is 3. The predicted molar refractivity (Wildman–Crippen MR) is 109 cm³/mol. The first-order valence-corrected chi connectivity index (χ1v) is 9.42. The molecule has 0 saturated carbocycles. The van der Waals surface area contributed by atoms with Gasteiger partial charge in [-0.2, -0.15) is 0 Å². The molecular weight excluding hydrogens is 396 g/mol. The van der Waals surface area contributed by atoms with Crippen molar-refractivity contribution in [1.29, 1.82) is 0 Å². The summed E-state index contributed by atoms with van der Waals surface area (Å²) in [4.78, 5) is 38.2. The summed E-state index contributed by atoms with van der Waals surface area (Å²) >= 11 is 5.93. The van der Waals surface area contributed by atoms with Crippen LogP contribution in [0.3, 0.4) is 0 Å². The smallest absolute Gasteiger partial charge is 0.311 e. The van der Waals surface area contributed by atoms with E-state index in [0.717, 1.165) is 5.56 Å². The lowest BCUT2D eigenvalue weighted by atomic mass is 10.1. The minimum absolute atomic E-state index is 0.0416. The highest BCUT2D eigenvalue weighted by Crippen LogP contribution is 2.27. The molecule has 3 rings (SSSR count). The average molecular weight is 417 g/mol. The van der Waals surface area contributed by atoms with Crippen LogP contribution >= 0.6 is 11.6 Å². The summed E-state index contributed by atoms with van der Waals surface area (Å²) in [6.45, 7) is 1.60. The second kappa shape index (κ2) is 8.96. The van der Waals surface area contributed by atoms with E-state index >= 15 is 0 Å². The van der Waals surface area contributed by atoms with Crippen molar-refractivity contribution in [3.63, 3.8) is 0 Å². The Bertz CT molecular complexity index is 929. The summed E-state index contributed by atoms with van der Waals surface area (Å²) in [5.41, 5.74) is 2.08. The fraction of sp³-hybridized carbons (Fsp3) is 0.286. The van der Waals surface area contributed by atoms with Gasteiger partial charge in [-0.1, -0.05) is 17.7 Å². The van der Waals surface area contributed by atoms with Gasteiger partial charge in [0.05, 0.1) is 13.0 Å². The van der Waals surface area contributed by atoms with Crippen LogP contribution in [0.4, 0.5) is 11.4 Å². The molecular formula is C21H21ClN2O5. The van der Waals surface area contributed by atoms with E-state index in [-0.39, 0.29) is 18.9 Å². The third kappa shape index (κ3) is 5.06. The first kappa shape index (κ1) is 20.7. The van der Waals surface area contributed by atoms with Gasteiger partial charge in [-0.15, -0.1) is 0 Å². The summed E-state index contributed by atoms with van der Waals surface area (Å²) < 4.78 is 10.2. The number of aryl methyl sites for hydroxylation is 1. The molecule has 0 aromatic heterocycles. The molecule has 0 radical (unpaired) electrons. The third-order valence-electron chi connectivity index (χ3n) is 4.66. The second-order valence-electron chi connectivity index (χ2n) is 6.72. The number of benzene rings is 2. The van der Waals surface area contributed by atoms with E-state index in [1.54, 1.807) is 49.6 Å². The molecule has 1 aliphatic heterocycles. The number of rotatable bonds is 6. The van der Waals surface area contributed by atoms with Crippen LogP contribution < -0.4 is 15.0 Å². The van der Waals surface area contributed by atoms with E-state index in [1.165, 1.54) is 4.90 Å². The van der Waals surface area contributed by atoms with Crippen LogP contribution in [0.1, 0.15) is 12.0 Å². The van der Waals surface area contributed by atoms with Crippen LogP contribution in [0, 0.1) is 12.8 Å². The molecule has 1 saturated heterocycles. The van der Waals surface area contributed by atoms with E-state index in [1.807, 2.05) is 6.92 Å². The van der Waals surface area contributed by atoms with E-state index in [4.69, 9.17) is 21.1 Å². The lowest BCUT2D eigenvalue weighted by molar-refractivity contribution is -0.151. The lowest BCUT2D eigenvalue weighted by Crippen LogP contribution is -2.28. The molecule has 0 spiro atoms. The van der Waals surface area contributed by atoms with Crippen LogP contribution in [0.25, 0.3) is 0 Å². The van der Waals surface area contributed by atoms with Crippen LogP contribution in [0.5, 0.6) is 5.75 Å². The molecule has 2 amide bonds. The maximum atomic E-state index is 12.3. The molecule has 152 valence electrons. The fourth-order valence-corrected chi connectivity index (χ4v) is 3.22. The highest BCUT2D eigenvalue weighted by Gasteiger charge is 2.36. The number of nitrogens with zero attached hydrogens (tertiary/aromatic N) is 1. The Kier molecular flexibility index (Phi) is 6.39. The van der Waals surface area contributed by atoms with Crippen LogP contribution in [0.2, 0.25) is 5.02 Å². The van der Waals surface area contributed by atoms with Gasteiger partial charge in [0.1, 0.15) is 5.75 Å². The van der Waals surface area contributed by atoms with E-state index in [0.29, 0.717) is 22.1 Å². The minimum Gasteiger partial charge on any atom is -0.497 e. The summed E-state index contributed by atoms with van der Waals surface area (Å²) in [5.74, 6) is -1.16. The van der Waals surface area contributed by atoms with Crippen molar-refractivity contribution in [2.24, 2.45) is 5.92 Å². The fourth-order valence-electron chi connectivity index (χ4n) is 3.05. The van der Waals surface area contributed by atoms with Crippen molar-refractivity contribution >= 4 is 40.8 Å². The zero-order chi connectivity index (χ0) is 21.0. The normalized spacial score (nSPS) is 15.9. The number of nitrogens with one attached hydrogen (secondary N) is 1. The molecule has 0 bridgehead atoms. The average Bonchev–Trinajstić information content (AvgIpc) is 3.10. The van der Waals surface area contributed by atoms with Crippen LogP contribution in [-0.4, -0.2) is 38.0 Å². The van der Waals surface area contributed by atoms with Crippen molar-refractivity contribution in [2.75, 3.05) is 30.5 Å². The van der Waals surface area contributed by atoms with Crippen LogP contribution in [-0.2, 0) is 19.1 Å². The standard InChI is InChI=1S/C21H21ClN2O5/c1-13-3-4-15(22)10-18(13)23-19(25)12-29-21(27)14-9-20(26)24(11-14)16-5-7-17(28-2)8-6-16/h3-8,10,14H,9,11-12H2,1-2H3,(H,23,25)/t14-/m1/s1. The Labute approximate surface area is 173 Å². The van der Waals surface area contributed by atoms with E-state index < -0.39 is 24.4 Å². The molecule has 0 unspecified atom stereocenters. The van der Waals surface area contributed by atoms with Crippen molar-refractivity contribution in [2.45, 2.75) is 13.3 Å². The highest BCUT2D eigenvalue weighted by molar-refractivity contribution is 6.31. The number of ether oxygens (including phenoxy) is 2. The van der Waals surface area contributed by atoms with Gasteiger partial charge in [0.25, 0.3) is 5.91 Å². The number of carbonyl (C=O) groups is 3. The van der Waals surface area contributed by atoms with Gasteiger partial charge < -0.3 is 19.7 Å². The Morgan fingerprint density at radius 2 is 1.93 bits per heavy atom. The number of hydrogen-bond acceptors (Lipinski definition) is 5. The quantitative estimate of drug-likeness (QED) is 0.731. The molecule has 7 nitrogen and oxygen atoms in total. The van der Waals surface area contributed by atoms with E-state index in [9.17, 15) is 14.4 Å². The molecule has 0 aliphatic carbocycles. The molecule has 2 aromatic carbocycles. The monoisotopic (exact) mass is 416 g/mol. The van der Waals surface area contributed by atoms with Gasteiger partial charge >= 0.3 is 5.97 Å². The number of amides is 2. The second-order valence-corrected chi connectivity index (χ2v) is 7.15. The lowest BCUT2D eigenvalue weighted by Gasteiger charge is -2.17. The Hall–Kier alpha value is -3.06.